The Hall–Kier alpha value is -6.15. The number of nitrogens with one attached hydrogen (secondary N) is 1. The van der Waals surface area contributed by atoms with E-state index in [0.717, 1.165) is 58.8 Å². The van der Waals surface area contributed by atoms with Crippen molar-refractivity contribution in [1.82, 2.24) is 10.3 Å². The van der Waals surface area contributed by atoms with Crippen LogP contribution in [0.5, 0.6) is 28.7 Å². The SMILES string of the molecule is CCc1cc2c([n-]1)N1CCN[C@@H](C#C[C@@H](c3c(O)c(OC)c(OCC[C@@H](O)/C=C/c4ccccc4)c4c3OC(c3ccc(O)cc3)CC4=[OH+])Cc3cccc-2c3)C1. The van der Waals surface area contributed by atoms with Gasteiger partial charge in [0.15, 0.2) is 17.1 Å². The van der Waals surface area contributed by atoms with Gasteiger partial charge in [-0.05, 0) is 72.4 Å². The molecule has 1 fully saturated rings. The van der Waals surface area contributed by atoms with Crippen molar-refractivity contribution in [2.24, 2.45) is 0 Å². The number of aromatic nitrogens is 1. The molecule has 5 N–H and O–H groups in total. The summed E-state index contributed by atoms with van der Waals surface area (Å²) >= 11 is 0. The highest BCUT2D eigenvalue weighted by molar-refractivity contribution is 6.05. The first kappa shape index (κ1) is 37.8. The molecule has 57 heavy (non-hydrogen) atoms. The van der Waals surface area contributed by atoms with E-state index in [9.17, 15) is 20.1 Å². The third-order valence-corrected chi connectivity index (χ3v) is 10.8. The Morgan fingerprint density at radius 1 is 1.02 bits per heavy atom. The van der Waals surface area contributed by atoms with E-state index in [4.69, 9.17) is 19.2 Å². The van der Waals surface area contributed by atoms with E-state index >= 15 is 0 Å². The summed E-state index contributed by atoms with van der Waals surface area (Å²) in [6.07, 6.45) is 3.68. The van der Waals surface area contributed by atoms with E-state index in [2.05, 4.69) is 53.2 Å². The number of rotatable bonds is 10. The third-order valence-electron chi connectivity index (χ3n) is 10.8. The lowest BCUT2D eigenvalue weighted by molar-refractivity contribution is 0.172. The van der Waals surface area contributed by atoms with Gasteiger partial charge in [-0.25, -0.2) is 0 Å². The van der Waals surface area contributed by atoms with Crippen LogP contribution in [-0.2, 0) is 12.8 Å². The maximum atomic E-state index is 12.3. The number of phenols is 2. The van der Waals surface area contributed by atoms with Crippen LogP contribution in [0.15, 0.2) is 91.0 Å². The Labute approximate surface area is 332 Å². The van der Waals surface area contributed by atoms with Crippen LogP contribution in [0.2, 0.25) is 0 Å². The first-order valence-corrected chi connectivity index (χ1v) is 19.6. The second kappa shape index (κ2) is 16.5. The van der Waals surface area contributed by atoms with Gasteiger partial charge in [0.05, 0.1) is 37.3 Å². The van der Waals surface area contributed by atoms with Crippen molar-refractivity contribution in [2.45, 2.75) is 56.8 Å². The van der Waals surface area contributed by atoms with Gasteiger partial charge in [0.2, 0.25) is 5.75 Å². The second-order valence-electron chi connectivity index (χ2n) is 14.7. The third kappa shape index (κ3) is 7.95. The molecule has 10 nitrogen and oxygen atoms in total. The van der Waals surface area contributed by atoms with Gasteiger partial charge >= 0.3 is 5.78 Å². The van der Waals surface area contributed by atoms with Crippen molar-refractivity contribution < 1.29 is 34.3 Å². The number of nitrogens with zero attached hydrogens (tertiary/aromatic N) is 2. The zero-order chi connectivity index (χ0) is 39.5. The van der Waals surface area contributed by atoms with E-state index in [0.29, 0.717) is 18.5 Å². The number of anilines is 1. The number of ether oxygens (including phenoxy) is 3. The second-order valence-corrected chi connectivity index (χ2v) is 14.7. The lowest BCUT2D eigenvalue weighted by Gasteiger charge is -2.40. The lowest BCUT2D eigenvalue weighted by Crippen LogP contribution is -2.50. The summed E-state index contributed by atoms with van der Waals surface area (Å²) in [5.41, 5.74) is 6.52. The number of aliphatic hydroxyl groups excluding tert-OH is 1. The van der Waals surface area contributed by atoms with Gasteiger partial charge in [-0.2, -0.15) is 0 Å². The number of hydrogen-bond donors (Lipinski definition) is 4. The molecule has 292 valence electrons. The van der Waals surface area contributed by atoms with Crippen LogP contribution in [-0.4, -0.2) is 71.4 Å². The highest BCUT2D eigenvalue weighted by Crippen LogP contribution is 2.55. The molecule has 0 aliphatic carbocycles. The fraction of sp³-hybridized carbons (Fsp3) is 0.298. The predicted octanol–water partition coefficient (Wildman–Crippen LogP) is 6.67. The van der Waals surface area contributed by atoms with Gasteiger partial charge in [0, 0.05) is 6.42 Å². The molecule has 3 aliphatic heterocycles. The number of ketones is 1. The van der Waals surface area contributed by atoms with Crippen molar-refractivity contribution >= 4 is 17.7 Å². The van der Waals surface area contributed by atoms with E-state index in [1.165, 1.54) is 7.11 Å². The maximum Gasteiger partial charge on any atom is 0.335 e. The Morgan fingerprint density at radius 2 is 1.84 bits per heavy atom. The normalized spacial score (nSPS) is 19.2. The number of methoxy groups -OCH3 is 1. The monoisotopic (exact) mass is 765 g/mol. The molecule has 4 aromatic carbocycles. The molecule has 3 aliphatic rings. The van der Waals surface area contributed by atoms with E-state index in [1.54, 1.807) is 30.3 Å². The molecular weight excluding hydrogens is 719 g/mol. The molecule has 8 rings (SSSR count). The van der Waals surface area contributed by atoms with Crippen molar-refractivity contribution in [2.75, 3.05) is 38.3 Å². The number of piperazine rings is 1. The molecule has 4 heterocycles. The van der Waals surface area contributed by atoms with Gasteiger partial charge in [-0.3, -0.25) is 4.79 Å². The van der Waals surface area contributed by atoms with E-state index < -0.39 is 18.1 Å². The first-order valence-electron chi connectivity index (χ1n) is 19.6. The zero-order valence-electron chi connectivity index (χ0n) is 32.1. The van der Waals surface area contributed by atoms with Gasteiger partial charge in [-0.15, -0.1) is 0 Å². The van der Waals surface area contributed by atoms with E-state index in [-0.39, 0.29) is 65.6 Å². The molecule has 0 spiro atoms. The van der Waals surface area contributed by atoms with Gasteiger partial charge in [0.25, 0.3) is 0 Å². The molecule has 1 saturated heterocycles. The zero-order valence-corrected chi connectivity index (χ0v) is 32.1. The summed E-state index contributed by atoms with van der Waals surface area (Å²) in [7, 11) is 1.45. The van der Waals surface area contributed by atoms with Crippen molar-refractivity contribution in [3.8, 4) is 51.7 Å². The van der Waals surface area contributed by atoms with Crippen LogP contribution in [0.1, 0.15) is 65.3 Å². The van der Waals surface area contributed by atoms with Crippen LogP contribution in [0.25, 0.3) is 17.2 Å². The number of benzene rings is 4. The quantitative estimate of drug-likeness (QED) is 0.0907. The summed E-state index contributed by atoms with van der Waals surface area (Å²) in [5.74, 6) is 7.68. The average molecular weight is 766 g/mol. The first-order chi connectivity index (χ1) is 27.8. The molecular formula is C47H47N3O7. The number of carbonyl (C=O) groups excluding carboxylic acids is 1. The Bertz CT molecular complexity index is 2340. The van der Waals surface area contributed by atoms with Gasteiger partial charge < -0.3 is 44.7 Å². The molecule has 4 atom stereocenters. The van der Waals surface area contributed by atoms with Crippen LogP contribution in [0, 0.1) is 11.8 Å². The smallest absolute Gasteiger partial charge is 0.335 e. The Morgan fingerprint density at radius 3 is 2.63 bits per heavy atom. The molecule has 1 aromatic heterocycles. The number of fused-ring (bicyclic) bond motifs is 8. The summed E-state index contributed by atoms with van der Waals surface area (Å²) in [5, 5.41) is 36.7. The number of aliphatic hydroxyl groups is 1. The highest BCUT2D eigenvalue weighted by Gasteiger charge is 2.42. The standard InChI is InChI=1S/C47H46N3O7/c1-3-34-26-38-32-11-7-10-30(24-32)25-33(13-16-35-28-50(22-21-48-35)47(38)49-34)41-43(54)46(55-2)45(56-23-20-37(52)17-12-29-8-5-4-6-9-29)42-39(53)27-40(57-44(41)42)31-14-18-36(51)19-15-31/h4-12,14-15,17-19,24,26,33,35,37,40,48,51-52H,3,20-23,25,27-28H2,1-2H3,(H,53,54)/q-1/p+1/b17-12+/t33-,35+,37+,40?/m1/s1. The van der Waals surface area contributed by atoms with Crippen LogP contribution in [0.4, 0.5) is 5.82 Å². The van der Waals surface area contributed by atoms with Crippen molar-refractivity contribution in [3.05, 3.63) is 125 Å². The minimum absolute atomic E-state index is 0.0101. The number of aromatic hydroxyl groups is 2. The summed E-state index contributed by atoms with van der Waals surface area (Å²) in [6, 6.07) is 26.7. The number of aryl methyl sites for hydroxylation is 1. The lowest BCUT2D eigenvalue weighted by atomic mass is 9.85. The number of phenolic OH excluding ortho intramolecular Hbond substituents is 2. The molecule has 0 amide bonds. The Balaban J connectivity index is 1.22. The fourth-order valence-corrected chi connectivity index (χ4v) is 7.89. The number of hydrogen-bond acceptors (Lipinski definition) is 8. The van der Waals surface area contributed by atoms with Crippen LogP contribution in [0.3, 0.4) is 0 Å². The molecule has 5 aromatic rings. The molecule has 1 unspecified atom stereocenters. The van der Waals surface area contributed by atoms with Gasteiger partial charge in [0.1, 0.15) is 24.0 Å². The Kier molecular flexibility index (Phi) is 10.9. The molecule has 10 heteroatoms. The predicted molar refractivity (Wildman–Crippen MR) is 221 cm³/mol. The maximum absolute atomic E-state index is 12.3. The summed E-state index contributed by atoms with van der Waals surface area (Å²) in [4.78, 5) is 19.3. The molecule has 0 radical (unpaired) electrons. The molecule has 4 bridgehead atoms. The van der Waals surface area contributed by atoms with Crippen LogP contribution < -0.4 is 29.4 Å². The van der Waals surface area contributed by atoms with Crippen LogP contribution >= 0.6 is 0 Å². The topological polar surface area (TPSA) is 139 Å². The minimum atomic E-state index is -0.812. The van der Waals surface area contributed by atoms with Gasteiger partial charge in [-0.1, -0.05) is 115 Å². The summed E-state index contributed by atoms with van der Waals surface area (Å²) < 4.78 is 19.0. The largest absolute Gasteiger partial charge is 0.508 e. The van der Waals surface area contributed by atoms with Crippen molar-refractivity contribution in [1.29, 1.82) is 0 Å². The average Bonchev–Trinajstić information content (AvgIpc) is 3.67. The molecule has 0 saturated carbocycles. The summed E-state index contributed by atoms with van der Waals surface area (Å²) in [6.45, 7) is 4.33. The van der Waals surface area contributed by atoms with Crippen molar-refractivity contribution in [3.63, 3.8) is 0 Å². The highest BCUT2D eigenvalue weighted by atomic mass is 16.5. The van der Waals surface area contributed by atoms with E-state index in [1.807, 2.05) is 42.5 Å². The minimum Gasteiger partial charge on any atom is -0.508 e. The fourth-order valence-electron chi connectivity index (χ4n) is 7.89.